The van der Waals surface area contributed by atoms with Crippen LogP contribution in [-0.2, 0) is 6.54 Å². The van der Waals surface area contributed by atoms with E-state index in [0.717, 1.165) is 24.2 Å². The summed E-state index contributed by atoms with van der Waals surface area (Å²) in [4.78, 5) is 21.3. The summed E-state index contributed by atoms with van der Waals surface area (Å²) in [6, 6.07) is 12.6. The first-order chi connectivity index (χ1) is 12.2. The van der Waals surface area contributed by atoms with Crippen LogP contribution in [0.25, 0.3) is 0 Å². The molecule has 1 aromatic heterocycles. The summed E-state index contributed by atoms with van der Waals surface area (Å²) in [6.45, 7) is 3.89. The van der Waals surface area contributed by atoms with Crippen molar-refractivity contribution >= 4 is 11.6 Å². The van der Waals surface area contributed by atoms with Gasteiger partial charge in [-0.2, -0.15) is 0 Å². The Labute approximate surface area is 150 Å². The third kappa shape index (κ3) is 4.19. The van der Waals surface area contributed by atoms with Gasteiger partial charge in [-0.15, -0.1) is 0 Å². The van der Waals surface area contributed by atoms with Crippen molar-refractivity contribution in [2.75, 3.05) is 18.5 Å². The van der Waals surface area contributed by atoms with E-state index >= 15 is 0 Å². The van der Waals surface area contributed by atoms with Gasteiger partial charge in [-0.3, -0.25) is 9.78 Å². The number of pyridine rings is 1. The molecule has 4 nitrogen and oxygen atoms in total. The highest BCUT2D eigenvalue weighted by Gasteiger charge is 2.22. The van der Waals surface area contributed by atoms with E-state index in [0.29, 0.717) is 18.2 Å². The molecule has 132 valence electrons. The van der Waals surface area contributed by atoms with Crippen molar-refractivity contribution in [2.45, 2.75) is 45.2 Å². The second-order valence-electron chi connectivity index (χ2n) is 6.83. The molecular formula is C21H27N3O. The fraction of sp³-hybridized carbons (Fsp3) is 0.429. The van der Waals surface area contributed by atoms with E-state index in [1.54, 1.807) is 11.1 Å². The normalized spacial score (nSPS) is 17.4. The quantitative estimate of drug-likeness (QED) is 0.823. The van der Waals surface area contributed by atoms with Crippen LogP contribution >= 0.6 is 0 Å². The maximum Gasteiger partial charge on any atom is 0.255 e. The van der Waals surface area contributed by atoms with Gasteiger partial charge in [0.25, 0.3) is 5.91 Å². The van der Waals surface area contributed by atoms with Crippen LogP contribution in [0.15, 0.2) is 48.8 Å². The molecule has 2 heterocycles. The first kappa shape index (κ1) is 17.5. The molecule has 0 N–H and O–H groups in total. The van der Waals surface area contributed by atoms with Crippen LogP contribution in [0.5, 0.6) is 0 Å². The Balaban J connectivity index is 1.75. The van der Waals surface area contributed by atoms with E-state index in [1.807, 2.05) is 49.6 Å². The smallest absolute Gasteiger partial charge is 0.255 e. The molecule has 3 rings (SSSR count). The first-order valence-electron chi connectivity index (χ1n) is 9.20. The molecule has 1 aromatic carbocycles. The topological polar surface area (TPSA) is 36.4 Å². The molecule has 0 spiro atoms. The van der Waals surface area contributed by atoms with Crippen LogP contribution in [-0.4, -0.2) is 35.4 Å². The number of anilines is 1. The maximum absolute atomic E-state index is 12.8. The fourth-order valence-electron chi connectivity index (χ4n) is 3.62. The number of carbonyl (C=O) groups is 1. The second-order valence-corrected chi connectivity index (χ2v) is 6.83. The minimum absolute atomic E-state index is 0.0169. The van der Waals surface area contributed by atoms with Crippen molar-refractivity contribution in [1.82, 2.24) is 9.88 Å². The standard InChI is InChI=1S/C21H27N3O/c1-3-19-11-7-8-12-24(19)20-13-18(14-22-15-20)21(25)23(2)16-17-9-5-4-6-10-17/h4-6,9-10,13-15,19H,3,7-8,11-12,16H2,1-2H3. The van der Waals surface area contributed by atoms with Gasteiger partial charge in [0, 0.05) is 32.4 Å². The number of rotatable bonds is 5. The summed E-state index contributed by atoms with van der Waals surface area (Å²) in [5.74, 6) is 0.0169. The van der Waals surface area contributed by atoms with Gasteiger partial charge in [-0.05, 0) is 37.3 Å². The van der Waals surface area contributed by atoms with Crippen molar-refractivity contribution in [1.29, 1.82) is 0 Å². The molecule has 2 aromatic rings. The van der Waals surface area contributed by atoms with Crippen LogP contribution in [0, 0.1) is 0 Å². The van der Waals surface area contributed by atoms with Crippen LogP contribution in [0.4, 0.5) is 5.69 Å². The molecule has 1 amide bonds. The Bertz CT molecular complexity index is 701. The van der Waals surface area contributed by atoms with Crippen molar-refractivity contribution < 1.29 is 4.79 Å². The maximum atomic E-state index is 12.8. The van der Waals surface area contributed by atoms with Gasteiger partial charge in [-0.1, -0.05) is 37.3 Å². The van der Waals surface area contributed by atoms with E-state index in [4.69, 9.17) is 0 Å². The zero-order valence-electron chi connectivity index (χ0n) is 15.2. The van der Waals surface area contributed by atoms with Gasteiger partial charge in [0.2, 0.25) is 0 Å². The molecule has 25 heavy (non-hydrogen) atoms. The average Bonchev–Trinajstić information content (AvgIpc) is 2.68. The minimum atomic E-state index is 0.0169. The zero-order valence-corrected chi connectivity index (χ0v) is 15.2. The van der Waals surface area contributed by atoms with Gasteiger partial charge in [0.1, 0.15) is 0 Å². The van der Waals surface area contributed by atoms with Crippen LogP contribution in [0.3, 0.4) is 0 Å². The number of amides is 1. The number of aromatic nitrogens is 1. The highest BCUT2D eigenvalue weighted by atomic mass is 16.2. The van der Waals surface area contributed by atoms with Crippen molar-refractivity contribution in [2.24, 2.45) is 0 Å². The number of piperidine rings is 1. The van der Waals surface area contributed by atoms with Gasteiger partial charge >= 0.3 is 0 Å². The van der Waals surface area contributed by atoms with E-state index in [2.05, 4.69) is 16.8 Å². The number of nitrogens with zero attached hydrogens (tertiary/aromatic N) is 3. The summed E-state index contributed by atoms with van der Waals surface area (Å²) in [6.07, 6.45) is 8.43. The summed E-state index contributed by atoms with van der Waals surface area (Å²) in [5, 5.41) is 0. The Morgan fingerprint density at radius 3 is 2.80 bits per heavy atom. The Kier molecular flexibility index (Phi) is 5.69. The van der Waals surface area contributed by atoms with Gasteiger partial charge < -0.3 is 9.80 Å². The number of hydrogen-bond donors (Lipinski definition) is 0. The molecule has 4 heteroatoms. The third-order valence-electron chi connectivity index (χ3n) is 5.01. The van der Waals surface area contributed by atoms with Gasteiger partial charge in [0.15, 0.2) is 0 Å². The summed E-state index contributed by atoms with van der Waals surface area (Å²) in [5.41, 5.74) is 2.87. The van der Waals surface area contributed by atoms with Gasteiger partial charge in [0.05, 0.1) is 17.4 Å². The lowest BCUT2D eigenvalue weighted by Crippen LogP contribution is -2.39. The molecule has 1 atom stereocenters. The predicted octanol–water partition coefficient (Wildman–Crippen LogP) is 4.12. The highest BCUT2D eigenvalue weighted by molar-refractivity contribution is 5.94. The van der Waals surface area contributed by atoms with E-state index in [9.17, 15) is 4.79 Å². The molecule has 1 saturated heterocycles. The Hall–Kier alpha value is -2.36. The lowest BCUT2D eigenvalue weighted by Gasteiger charge is -2.37. The van der Waals surface area contributed by atoms with E-state index in [-0.39, 0.29) is 5.91 Å². The second kappa shape index (κ2) is 8.15. The lowest BCUT2D eigenvalue weighted by molar-refractivity contribution is 0.0784. The zero-order chi connectivity index (χ0) is 17.6. The molecular weight excluding hydrogens is 310 g/mol. The highest BCUT2D eigenvalue weighted by Crippen LogP contribution is 2.26. The molecule has 1 fully saturated rings. The summed E-state index contributed by atoms with van der Waals surface area (Å²) < 4.78 is 0. The van der Waals surface area contributed by atoms with Crippen LogP contribution in [0.1, 0.15) is 48.5 Å². The molecule has 0 bridgehead atoms. The van der Waals surface area contributed by atoms with Crippen LogP contribution in [0.2, 0.25) is 0 Å². The van der Waals surface area contributed by atoms with Crippen molar-refractivity contribution in [3.63, 3.8) is 0 Å². The van der Waals surface area contributed by atoms with Crippen LogP contribution < -0.4 is 4.90 Å². The molecule has 1 unspecified atom stereocenters. The van der Waals surface area contributed by atoms with Crippen molar-refractivity contribution in [3.05, 3.63) is 59.9 Å². The molecule has 1 aliphatic rings. The van der Waals surface area contributed by atoms with E-state index < -0.39 is 0 Å². The monoisotopic (exact) mass is 337 g/mol. The molecule has 0 radical (unpaired) electrons. The number of carbonyl (C=O) groups excluding carboxylic acids is 1. The molecule has 1 aliphatic heterocycles. The fourth-order valence-corrected chi connectivity index (χ4v) is 3.62. The largest absolute Gasteiger partial charge is 0.367 e. The lowest BCUT2D eigenvalue weighted by atomic mass is 9.99. The van der Waals surface area contributed by atoms with Gasteiger partial charge in [-0.25, -0.2) is 0 Å². The van der Waals surface area contributed by atoms with Crippen molar-refractivity contribution in [3.8, 4) is 0 Å². The minimum Gasteiger partial charge on any atom is -0.367 e. The first-order valence-corrected chi connectivity index (χ1v) is 9.20. The average molecular weight is 337 g/mol. The summed E-state index contributed by atoms with van der Waals surface area (Å²) in [7, 11) is 1.84. The number of hydrogen-bond acceptors (Lipinski definition) is 3. The number of benzene rings is 1. The Morgan fingerprint density at radius 2 is 2.04 bits per heavy atom. The SMILES string of the molecule is CCC1CCCCN1c1cncc(C(=O)N(C)Cc2ccccc2)c1. The van der Waals surface area contributed by atoms with E-state index in [1.165, 1.54) is 19.3 Å². The summed E-state index contributed by atoms with van der Waals surface area (Å²) >= 11 is 0. The Morgan fingerprint density at radius 1 is 1.24 bits per heavy atom. The third-order valence-corrected chi connectivity index (χ3v) is 5.01. The predicted molar refractivity (Wildman–Crippen MR) is 102 cm³/mol. The molecule has 0 aliphatic carbocycles. The molecule has 0 saturated carbocycles.